The lowest BCUT2D eigenvalue weighted by molar-refractivity contribution is 0.0604. The van der Waals surface area contributed by atoms with Crippen molar-refractivity contribution in [1.29, 1.82) is 0 Å². The Hall–Kier alpha value is -2.64. The maximum atomic E-state index is 13.8. The summed E-state index contributed by atoms with van der Waals surface area (Å²) in [5.74, 6) is -0.277. The number of nitrogens with one attached hydrogen (secondary N) is 1. The van der Waals surface area contributed by atoms with E-state index in [1.807, 2.05) is 0 Å². The highest BCUT2D eigenvalue weighted by atomic mass is 19.1. The van der Waals surface area contributed by atoms with Gasteiger partial charge in [-0.2, -0.15) is 0 Å². The monoisotopic (exact) mass is 348 g/mol. The van der Waals surface area contributed by atoms with Crippen molar-refractivity contribution in [2.75, 3.05) is 38.5 Å². The van der Waals surface area contributed by atoms with Crippen molar-refractivity contribution in [2.24, 2.45) is 0 Å². The lowest BCUT2D eigenvalue weighted by atomic mass is 10.1. The van der Waals surface area contributed by atoms with Crippen LogP contribution in [0.2, 0.25) is 0 Å². The molecule has 2 aromatic carbocycles. The summed E-state index contributed by atoms with van der Waals surface area (Å²) in [4.78, 5) is 12.4. The van der Waals surface area contributed by atoms with Gasteiger partial charge < -0.3 is 25.3 Å². The molecule has 134 valence electrons. The molecule has 6 nitrogen and oxygen atoms in total. The van der Waals surface area contributed by atoms with Gasteiger partial charge in [0.25, 0.3) is 5.91 Å². The Kier molecular flexibility index (Phi) is 6.73. The molecule has 2 rings (SSSR count). The summed E-state index contributed by atoms with van der Waals surface area (Å²) in [6.45, 7) is 0.823. The van der Waals surface area contributed by atoms with E-state index in [2.05, 4.69) is 5.32 Å². The first-order valence-corrected chi connectivity index (χ1v) is 7.65. The minimum atomic E-state index is -0.428. The van der Waals surface area contributed by atoms with Crippen LogP contribution in [0.3, 0.4) is 0 Å². The number of benzene rings is 2. The molecule has 0 saturated heterocycles. The molecule has 3 N–H and O–H groups in total. The number of carbonyl (C=O) groups excluding carboxylic acids is 1. The largest absolute Gasteiger partial charge is 0.495 e. The SMILES string of the molecule is COCCOCc1cc(C(=O)Nc2ccc(OC)c(N)c2)ccc1F. The summed E-state index contributed by atoms with van der Waals surface area (Å²) >= 11 is 0. The second-order valence-electron chi connectivity index (χ2n) is 5.26. The standard InChI is InChI=1S/C18H21FN2O4/c1-23-7-8-25-11-13-9-12(3-5-15(13)19)18(22)21-14-4-6-17(24-2)16(20)10-14/h3-6,9-10H,7-8,11,20H2,1-2H3,(H,21,22). The fourth-order valence-electron chi connectivity index (χ4n) is 2.17. The van der Waals surface area contributed by atoms with Crippen molar-refractivity contribution < 1.29 is 23.4 Å². The van der Waals surface area contributed by atoms with Crippen molar-refractivity contribution in [1.82, 2.24) is 0 Å². The molecule has 0 saturated carbocycles. The number of ether oxygens (including phenoxy) is 3. The minimum absolute atomic E-state index is 0.0613. The maximum absolute atomic E-state index is 13.8. The van der Waals surface area contributed by atoms with Crippen LogP contribution in [0.1, 0.15) is 15.9 Å². The molecule has 0 fully saturated rings. The lowest BCUT2D eigenvalue weighted by Crippen LogP contribution is -2.13. The van der Waals surface area contributed by atoms with E-state index in [9.17, 15) is 9.18 Å². The average molecular weight is 348 g/mol. The molecule has 7 heteroatoms. The van der Waals surface area contributed by atoms with Crippen LogP contribution < -0.4 is 15.8 Å². The quantitative estimate of drug-likeness (QED) is 0.566. The highest BCUT2D eigenvalue weighted by Crippen LogP contribution is 2.25. The first-order valence-electron chi connectivity index (χ1n) is 7.65. The molecule has 0 aromatic heterocycles. The van der Waals surface area contributed by atoms with Crippen molar-refractivity contribution in [2.45, 2.75) is 6.61 Å². The Morgan fingerprint density at radius 1 is 1.16 bits per heavy atom. The Balaban J connectivity index is 2.07. The van der Waals surface area contributed by atoms with Crippen LogP contribution in [0.15, 0.2) is 36.4 Å². The second kappa shape index (κ2) is 9.00. The fourth-order valence-corrected chi connectivity index (χ4v) is 2.17. The summed E-state index contributed by atoms with van der Waals surface area (Å²) in [6, 6.07) is 9.04. The third-order valence-electron chi connectivity index (χ3n) is 3.48. The molecule has 25 heavy (non-hydrogen) atoms. The molecule has 1 amide bonds. The van der Waals surface area contributed by atoms with Gasteiger partial charge in [-0.1, -0.05) is 0 Å². The molecular formula is C18H21FN2O4. The molecule has 0 aliphatic carbocycles. The molecular weight excluding hydrogens is 327 g/mol. The molecule has 0 atom stereocenters. The third-order valence-corrected chi connectivity index (χ3v) is 3.48. The van der Waals surface area contributed by atoms with Crippen LogP contribution in [0, 0.1) is 5.82 Å². The number of nitrogen functional groups attached to an aromatic ring is 1. The number of anilines is 2. The zero-order valence-corrected chi connectivity index (χ0v) is 14.2. The molecule has 0 bridgehead atoms. The van der Waals surface area contributed by atoms with Crippen molar-refractivity contribution >= 4 is 17.3 Å². The van der Waals surface area contributed by atoms with E-state index in [4.69, 9.17) is 19.9 Å². The molecule has 2 aromatic rings. The Morgan fingerprint density at radius 3 is 2.64 bits per heavy atom. The van der Waals surface area contributed by atoms with Gasteiger partial charge in [0.15, 0.2) is 0 Å². The minimum Gasteiger partial charge on any atom is -0.495 e. The first kappa shape index (κ1) is 18.7. The summed E-state index contributed by atoms with van der Waals surface area (Å²) < 4.78 is 29.1. The highest BCUT2D eigenvalue weighted by molar-refractivity contribution is 6.04. The van der Waals surface area contributed by atoms with Crippen LogP contribution in [-0.4, -0.2) is 33.3 Å². The van der Waals surface area contributed by atoms with E-state index < -0.39 is 5.82 Å². The van der Waals surface area contributed by atoms with Gasteiger partial charge in [0.05, 0.1) is 32.6 Å². The Morgan fingerprint density at radius 2 is 1.96 bits per heavy atom. The summed E-state index contributed by atoms with van der Waals surface area (Å²) in [5.41, 5.74) is 7.37. The molecule has 0 unspecified atom stereocenters. The van der Waals surface area contributed by atoms with Crippen molar-refractivity contribution in [3.63, 3.8) is 0 Å². The van der Waals surface area contributed by atoms with Crippen LogP contribution >= 0.6 is 0 Å². The molecule has 0 spiro atoms. The van der Waals surface area contributed by atoms with E-state index in [1.165, 1.54) is 25.3 Å². The van der Waals surface area contributed by atoms with E-state index in [0.717, 1.165) is 0 Å². The van der Waals surface area contributed by atoms with Gasteiger partial charge in [-0.15, -0.1) is 0 Å². The number of nitrogens with two attached hydrogens (primary N) is 1. The topological polar surface area (TPSA) is 82.8 Å². The van der Waals surface area contributed by atoms with Crippen LogP contribution in [-0.2, 0) is 16.1 Å². The Labute approximate surface area is 145 Å². The second-order valence-corrected chi connectivity index (χ2v) is 5.26. The van der Waals surface area contributed by atoms with E-state index in [0.29, 0.717) is 41.5 Å². The average Bonchev–Trinajstić information content (AvgIpc) is 2.60. The normalized spacial score (nSPS) is 10.5. The smallest absolute Gasteiger partial charge is 0.255 e. The lowest BCUT2D eigenvalue weighted by Gasteiger charge is -2.10. The summed E-state index contributed by atoms with van der Waals surface area (Å²) in [7, 11) is 3.07. The van der Waals surface area contributed by atoms with Gasteiger partial charge in [0.2, 0.25) is 0 Å². The zero-order valence-electron chi connectivity index (χ0n) is 14.2. The predicted molar refractivity (Wildman–Crippen MR) is 93.3 cm³/mol. The van der Waals surface area contributed by atoms with E-state index in [1.54, 1.807) is 25.3 Å². The van der Waals surface area contributed by atoms with Gasteiger partial charge in [-0.25, -0.2) is 4.39 Å². The number of carbonyl (C=O) groups is 1. The predicted octanol–water partition coefficient (Wildman–Crippen LogP) is 2.83. The van der Waals surface area contributed by atoms with Gasteiger partial charge >= 0.3 is 0 Å². The summed E-state index contributed by atoms with van der Waals surface area (Å²) in [5, 5.41) is 2.72. The number of hydrogen-bond donors (Lipinski definition) is 2. The van der Waals surface area contributed by atoms with Gasteiger partial charge in [0.1, 0.15) is 11.6 Å². The van der Waals surface area contributed by atoms with Crippen LogP contribution in [0.4, 0.5) is 15.8 Å². The van der Waals surface area contributed by atoms with Crippen LogP contribution in [0.25, 0.3) is 0 Å². The fraction of sp³-hybridized carbons (Fsp3) is 0.278. The van der Waals surface area contributed by atoms with E-state index >= 15 is 0 Å². The Bertz CT molecular complexity index is 737. The van der Waals surface area contributed by atoms with Crippen LogP contribution in [0.5, 0.6) is 5.75 Å². The number of rotatable bonds is 8. The van der Waals surface area contributed by atoms with Crippen molar-refractivity contribution in [3.05, 3.63) is 53.3 Å². The van der Waals surface area contributed by atoms with Crippen molar-refractivity contribution in [3.8, 4) is 5.75 Å². The number of methoxy groups -OCH3 is 2. The van der Waals surface area contributed by atoms with E-state index in [-0.39, 0.29) is 12.5 Å². The number of halogens is 1. The zero-order chi connectivity index (χ0) is 18.2. The highest BCUT2D eigenvalue weighted by Gasteiger charge is 2.11. The molecule has 0 radical (unpaired) electrons. The molecule has 0 aliphatic heterocycles. The molecule has 0 aliphatic rings. The number of amides is 1. The van der Waals surface area contributed by atoms with Gasteiger partial charge in [-0.3, -0.25) is 4.79 Å². The van der Waals surface area contributed by atoms with Gasteiger partial charge in [-0.05, 0) is 36.4 Å². The third kappa shape index (κ3) is 5.17. The summed E-state index contributed by atoms with van der Waals surface area (Å²) in [6.07, 6.45) is 0. The number of hydrogen-bond acceptors (Lipinski definition) is 5. The first-order chi connectivity index (χ1) is 12.0. The molecule has 0 heterocycles. The maximum Gasteiger partial charge on any atom is 0.255 e. The van der Waals surface area contributed by atoms with Gasteiger partial charge in [0, 0.05) is 23.9 Å².